The molecule has 0 aromatic heterocycles. The van der Waals surface area contributed by atoms with Gasteiger partial charge in [0.25, 0.3) is 0 Å². The van der Waals surface area contributed by atoms with Crippen molar-refractivity contribution < 1.29 is 9.18 Å². The molecule has 3 aromatic rings. The second-order valence-electron chi connectivity index (χ2n) is 6.23. The largest absolute Gasteiger partial charge is 0.326 e. The number of nitrogens with zero attached hydrogens (tertiary/aromatic N) is 1. The Labute approximate surface area is 150 Å². The number of amides is 1. The van der Waals surface area contributed by atoms with Gasteiger partial charge in [-0.05, 0) is 34.9 Å². The Morgan fingerprint density at radius 3 is 2.65 bits per heavy atom. The Morgan fingerprint density at radius 1 is 1.04 bits per heavy atom. The minimum atomic E-state index is -0.299. The predicted molar refractivity (Wildman–Crippen MR) is 99.9 cm³/mol. The molecule has 3 nitrogen and oxygen atoms in total. The number of carbonyl (C=O) groups is 1. The molecule has 1 aliphatic rings. The summed E-state index contributed by atoms with van der Waals surface area (Å²) in [5.74, 6) is -0.326. The third-order valence-electron chi connectivity index (χ3n) is 4.58. The normalized spacial score (nSPS) is 12.4. The van der Waals surface area contributed by atoms with Crippen LogP contribution in [-0.4, -0.2) is 5.91 Å². The fourth-order valence-corrected chi connectivity index (χ4v) is 3.45. The number of hydrogen-bond acceptors (Lipinski definition) is 1. The van der Waals surface area contributed by atoms with E-state index in [-0.39, 0.29) is 18.3 Å². The van der Waals surface area contributed by atoms with E-state index in [0.717, 1.165) is 33.5 Å². The fraction of sp³-hybridized carbons (Fsp3) is 0.0909. The van der Waals surface area contributed by atoms with Crippen molar-refractivity contribution in [3.05, 3.63) is 89.0 Å². The molecule has 4 rings (SSSR count). The van der Waals surface area contributed by atoms with E-state index in [1.165, 1.54) is 6.07 Å². The van der Waals surface area contributed by atoms with Crippen LogP contribution in [0.3, 0.4) is 0 Å². The zero-order valence-electron chi connectivity index (χ0n) is 13.9. The molecule has 3 aromatic carbocycles. The zero-order valence-corrected chi connectivity index (χ0v) is 13.9. The van der Waals surface area contributed by atoms with Gasteiger partial charge in [-0.25, -0.2) is 11.0 Å². The highest BCUT2D eigenvalue weighted by Gasteiger charge is 2.21. The van der Waals surface area contributed by atoms with Gasteiger partial charge in [0, 0.05) is 22.4 Å². The Balaban J connectivity index is 1.95. The van der Waals surface area contributed by atoms with Crippen LogP contribution < -0.4 is 5.32 Å². The summed E-state index contributed by atoms with van der Waals surface area (Å²) >= 11 is 0. The molecular weight excluding hydrogens is 327 g/mol. The van der Waals surface area contributed by atoms with Gasteiger partial charge < -0.3 is 10.2 Å². The van der Waals surface area contributed by atoms with Crippen molar-refractivity contribution in [3.63, 3.8) is 0 Å². The van der Waals surface area contributed by atoms with Gasteiger partial charge in [-0.2, -0.15) is 0 Å². The summed E-state index contributed by atoms with van der Waals surface area (Å²) in [5, 5.41) is 2.82. The van der Waals surface area contributed by atoms with E-state index in [1.807, 2.05) is 36.4 Å². The third kappa shape index (κ3) is 2.74. The number of fused-ring (bicyclic) bond motifs is 1. The average Bonchev–Trinajstić information content (AvgIpc) is 3.01. The lowest BCUT2D eigenvalue weighted by atomic mass is 9.89. The molecule has 0 aliphatic carbocycles. The molecular formula is C22H15FN2O. The van der Waals surface area contributed by atoms with Crippen LogP contribution in [-0.2, 0) is 17.8 Å². The predicted octanol–water partition coefficient (Wildman–Crippen LogP) is 5.07. The maximum atomic E-state index is 14.4. The first-order valence-electron chi connectivity index (χ1n) is 8.30. The van der Waals surface area contributed by atoms with Crippen molar-refractivity contribution in [2.45, 2.75) is 13.0 Å². The maximum absolute atomic E-state index is 14.4. The average molecular weight is 342 g/mol. The zero-order chi connectivity index (χ0) is 18.1. The standard InChI is InChI=1S/C22H15FN2O/c1-24-13-15-5-4-7-18(17-6-2-3-8-19(17)23)22(15)14-9-10-20-16(11-14)12-21(26)25-20/h2-11H,12-13H2,(H,25,26). The lowest BCUT2D eigenvalue weighted by Crippen LogP contribution is -2.03. The van der Waals surface area contributed by atoms with E-state index < -0.39 is 0 Å². The van der Waals surface area contributed by atoms with Gasteiger partial charge in [-0.1, -0.05) is 42.5 Å². The number of halogens is 1. The topological polar surface area (TPSA) is 33.5 Å². The summed E-state index contributed by atoms with van der Waals surface area (Å²) < 4.78 is 14.4. The van der Waals surface area contributed by atoms with E-state index in [2.05, 4.69) is 10.2 Å². The van der Waals surface area contributed by atoms with Crippen LogP contribution >= 0.6 is 0 Å². The molecule has 4 heteroatoms. The molecule has 0 unspecified atom stereocenters. The summed E-state index contributed by atoms with van der Waals surface area (Å²) in [6, 6.07) is 18.0. The summed E-state index contributed by atoms with van der Waals surface area (Å²) in [6.45, 7) is 7.48. The lowest BCUT2D eigenvalue weighted by Gasteiger charge is -2.14. The number of anilines is 1. The molecule has 26 heavy (non-hydrogen) atoms. The van der Waals surface area contributed by atoms with Gasteiger partial charge in [0.15, 0.2) is 0 Å². The van der Waals surface area contributed by atoms with Crippen LogP contribution in [0.2, 0.25) is 0 Å². The van der Waals surface area contributed by atoms with Crippen LogP contribution in [0.4, 0.5) is 10.1 Å². The van der Waals surface area contributed by atoms with E-state index in [0.29, 0.717) is 12.0 Å². The highest BCUT2D eigenvalue weighted by atomic mass is 19.1. The van der Waals surface area contributed by atoms with Crippen molar-refractivity contribution in [3.8, 4) is 22.3 Å². The summed E-state index contributed by atoms with van der Waals surface area (Å²) in [6.07, 6.45) is 0.336. The molecule has 126 valence electrons. The van der Waals surface area contributed by atoms with Crippen LogP contribution in [0.5, 0.6) is 0 Å². The number of hydrogen-bond donors (Lipinski definition) is 1. The van der Waals surface area contributed by atoms with E-state index >= 15 is 0 Å². The first kappa shape index (κ1) is 16.0. The quantitative estimate of drug-likeness (QED) is 0.662. The first-order chi connectivity index (χ1) is 12.7. The monoisotopic (exact) mass is 342 g/mol. The van der Waals surface area contributed by atoms with Gasteiger partial charge >= 0.3 is 0 Å². The number of benzene rings is 3. The molecule has 0 radical (unpaired) electrons. The number of rotatable bonds is 3. The fourth-order valence-electron chi connectivity index (χ4n) is 3.45. The second kappa shape index (κ2) is 6.45. The minimum Gasteiger partial charge on any atom is -0.326 e. The molecule has 0 saturated heterocycles. The number of nitrogens with one attached hydrogen (secondary N) is 1. The Kier molecular flexibility index (Phi) is 3.98. The highest BCUT2D eigenvalue weighted by molar-refractivity contribution is 6.00. The molecule has 1 N–H and O–H groups in total. The van der Waals surface area contributed by atoms with Crippen molar-refractivity contribution in [2.24, 2.45) is 0 Å². The maximum Gasteiger partial charge on any atom is 0.240 e. The van der Waals surface area contributed by atoms with Gasteiger partial charge in [0.1, 0.15) is 5.82 Å². The van der Waals surface area contributed by atoms with Crippen molar-refractivity contribution >= 4 is 11.6 Å². The van der Waals surface area contributed by atoms with Gasteiger partial charge in [0.05, 0.1) is 6.42 Å². The Bertz CT molecular complexity index is 1070. The Hall–Kier alpha value is -3.45. The van der Waals surface area contributed by atoms with Gasteiger partial charge in [-0.15, -0.1) is 0 Å². The first-order valence-corrected chi connectivity index (χ1v) is 8.30. The number of carbonyl (C=O) groups excluding carboxylic acids is 1. The molecule has 0 fully saturated rings. The SMILES string of the molecule is [C-]#[N+]Cc1cccc(-c2ccccc2F)c1-c1ccc2c(c1)CC(=O)N2. The van der Waals surface area contributed by atoms with E-state index in [9.17, 15) is 9.18 Å². The molecule has 0 bridgehead atoms. The van der Waals surface area contributed by atoms with Crippen LogP contribution in [0, 0.1) is 12.4 Å². The molecule has 0 saturated carbocycles. The van der Waals surface area contributed by atoms with Crippen LogP contribution in [0.15, 0.2) is 60.7 Å². The minimum absolute atomic E-state index is 0.0269. The lowest BCUT2D eigenvalue weighted by molar-refractivity contribution is -0.115. The van der Waals surface area contributed by atoms with E-state index in [4.69, 9.17) is 6.57 Å². The Morgan fingerprint density at radius 2 is 1.85 bits per heavy atom. The summed E-state index contributed by atoms with van der Waals surface area (Å²) in [4.78, 5) is 15.2. The van der Waals surface area contributed by atoms with Crippen LogP contribution in [0.25, 0.3) is 27.1 Å². The molecule has 1 heterocycles. The summed E-state index contributed by atoms with van der Waals surface area (Å²) in [5.41, 5.74) is 5.57. The third-order valence-corrected chi connectivity index (χ3v) is 4.58. The van der Waals surface area contributed by atoms with Gasteiger partial charge in [-0.3, -0.25) is 4.79 Å². The molecule has 0 atom stereocenters. The van der Waals surface area contributed by atoms with E-state index in [1.54, 1.807) is 18.2 Å². The summed E-state index contributed by atoms with van der Waals surface area (Å²) in [7, 11) is 0. The van der Waals surface area contributed by atoms with Crippen molar-refractivity contribution in [1.82, 2.24) is 0 Å². The molecule has 1 amide bonds. The molecule has 1 aliphatic heterocycles. The van der Waals surface area contributed by atoms with Crippen molar-refractivity contribution in [2.75, 3.05) is 5.32 Å². The van der Waals surface area contributed by atoms with Gasteiger partial charge in [0.2, 0.25) is 12.5 Å². The molecule has 0 spiro atoms. The smallest absolute Gasteiger partial charge is 0.240 e. The highest BCUT2D eigenvalue weighted by Crippen LogP contribution is 2.38. The van der Waals surface area contributed by atoms with Crippen molar-refractivity contribution in [1.29, 1.82) is 0 Å². The second-order valence-corrected chi connectivity index (χ2v) is 6.23. The van der Waals surface area contributed by atoms with Crippen LogP contribution in [0.1, 0.15) is 11.1 Å².